The van der Waals surface area contributed by atoms with Crippen molar-refractivity contribution in [1.82, 2.24) is 9.97 Å². The summed E-state index contributed by atoms with van der Waals surface area (Å²) in [6.45, 7) is 1.96. The number of fused-ring (bicyclic) bond motifs is 1. The van der Waals surface area contributed by atoms with Gasteiger partial charge in [-0.1, -0.05) is 12.1 Å². The number of carbonyl (C=O) groups excluding carboxylic acids is 2. The summed E-state index contributed by atoms with van der Waals surface area (Å²) in [6, 6.07) is 12.7. The second kappa shape index (κ2) is 5.92. The molecule has 0 bridgehead atoms. The Kier molecular flexibility index (Phi) is 3.80. The number of hydrogen-bond acceptors (Lipinski definition) is 3. The number of nitrogens with two attached hydrogens (primary N) is 1. The molecule has 116 valence electrons. The molecule has 0 aliphatic carbocycles. The second-order valence-corrected chi connectivity index (χ2v) is 5.38. The molecule has 6 nitrogen and oxygen atoms in total. The third-order valence-corrected chi connectivity index (χ3v) is 3.41. The third kappa shape index (κ3) is 3.37. The summed E-state index contributed by atoms with van der Waals surface area (Å²) in [5.74, 6) is -0.172. The summed E-state index contributed by atoms with van der Waals surface area (Å²) in [5.41, 5.74) is 8.86. The molecule has 0 saturated heterocycles. The number of nitrogens with zero attached hydrogens (tertiary/aromatic N) is 1. The van der Waals surface area contributed by atoms with Gasteiger partial charge in [0.1, 0.15) is 5.82 Å². The van der Waals surface area contributed by atoms with Crippen molar-refractivity contribution in [2.75, 3.05) is 5.32 Å². The van der Waals surface area contributed by atoms with Gasteiger partial charge in [-0.25, -0.2) is 4.98 Å². The van der Waals surface area contributed by atoms with Crippen molar-refractivity contribution in [1.29, 1.82) is 0 Å². The number of amides is 2. The van der Waals surface area contributed by atoms with Crippen LogP contribution in [0.15, 0.2) is 42.5 Å². The van der Waals surface area contributed by atoms with E-state index in [9.17, 15) is 9.59 Å². The van der Waals surface area contributed by atoms with Crippen LogP contribution in [-0.2, 0) is 11.2 Å². The molecule has 3 rings (SSSR count). The van der Waals surface area contributed by atoms with E-state index >= 15 is 0 Å². The van der Waals surface area contributed by atoms with Crippen molar-refractivity contribution in [3.63, 3.8) is 0 Å². The number of benzene rings is 2. The quantitative estimate of drug-likeness (QED) is 0.688. The number of hydrogen-bond donors (Lipinski definition) is 3. The van der Waals surface area contributed by atoms with Crippen LogP contribution in [0.1, 0.15) is 21.7 Å². The van der Waals surface area contributed by atoms with Crippen molar-refractivity contribution in [2.45, 2.75) is 13.3 Å². The van der Waals surface area contributed by atoms with E-state index in [0.29, 0.717) is 22.4 Å². The van der Waals surface area contributed by atoms with Gasteiger partial charge in [0.15, 0.2) is 0 Å². The van der Waals surface area contributed by atoms with Crippen molar-refractivity contribution >= 4 is 28.5 Å². The molecule has 0 atom stereocenters. The summed E-state index contributed by atoms with van der Waals surface area (Å²) in [5, 5.41) is 2.86. The topological polar surface area (TPSA) is 101 Å². The average Bonchev–Trinajstić information content (AvgIpc) is 2.87. The van der Waals surface area contributed by atoms with Crippen LogP contribution in [0.3, 0.4) is 0 Å². The van der Waals surface area contributed by atoms with Gasteiger partial charge in [-0.15, -0.1) is 0 Å². The monoisotopic (exact) mass is 308 g/mol. The Hall–Kier alpha value is -3.15. The van der Waals surface area contributed by atoms with Crippen LogP contribution >= 0.6 is 0 Å². The minimum Gasteiger partial charge on any atom is -0.369 e. The largest absolute Gasteiger partial charge is 0.369 e. The van der Waals surface area contributed by atoms with Crippen LogP contribution in [0.25, 0.3) is 11.0 Å². The fourth-order valence-corrected chi connectivity index (χ4v) is 2.38. The van der Waals surface area contributed by atoms with Gasteiger partial charge in [-0.2, -0.15) is 0 Å². The van der Waals surface area contributed by atoms with E-state index in [4.69, 9.17) is 5.73 Å². The molecule has 23 heavy (non-hydrogen) atoms. The van der Waals surface area contributed by atoms with Crippen LogP contribution in [0.5, 0.6) is 0 Å². The Labute approximate surface area is 132 Å². The normalized spacial score (nSPS) is 10.7. The molecule has 2 amide bonds. The van der Waals surface area contributed by atoms with E-state index in [1.807, 2.05) is 31.2 Å². The van der Waals surface area contributed by atoms with Crippen molar-refractivity contribution in [2.24, 2.45) is 5.73 Å². The Morgan fingerprint density at radius 3 is 2.78 bits per heavy atom. The molecule has 0 aliphatic heterocycles. The highest BCUT2D eigenvalue weighted by Crippen LogP contribution is 2.16. The molecule has 1 heterocycles. The maximum absolute atomic E-state index is 12.3. The van der Waals surface area contributed by atoms with E-state index in [0.717, 1.165) is 11.3 Å². The summed E-state index contributed by atoms with van der Waals surface area (Å²) < 4.78 is 0. The van der Waals surface area contributed by atoms with Gasteiger partial charge in [0.05, 0.1) is 17.5 Å². The Balaban J connectivity index is 1.84. The number of carbonyl (C=O) groups is 2. The van der Waals surface area contributed by atoms with Crippen molar-refractivity contribution in [3.8, 4) is 0 Å². The highest BCUT2D eigenvalue weighted by molar-refractivity contribution is 6.06. The minimum atomic E-state index is -0.457. The molecule has 0 unspecified atom stereocenters. The molecule has 4 N–H and O–H groups in total. The zero-order valence-electron chi connectivity index (χ0n) is 12.6. The van der Waals surface area contributed by atoms with Crippen LogP contribution in [0.2, 0.25) is 0 Å². The zero-order valence-corrected chi connectivity index (χ0v) is 12.6. The maximum atomic E-state index is 12.3. The lowest BCUT2D eigenvalue weighted by molar-refractivity contribution is -0.117. The molecule has 0 radical (unpaired) electrons. The second-order valence-electron chi connectivity index (χ2n) is 5.38. The number of nitrogens with one attached hydrogen (secondary N) is 2. The molecule has 2 aromatic carbocycles. The van der Waals surface area contributed by atoms with Gasteiger partial charge in [-0.3, -0.25) is 9.59 Å². The predicted octanol–water partition coefficient (Wildman–Crippen LogP) is 2.15. The lowest BCUT2D eigenvalue weighted by Gasteiger charge is -2.06. The first kappa shape index (κ1) is 14.8. The van der Waals surface area contributed by atoms with E-state index in [1.165, 1.54) is 0 Å². The van der Waals surface area contributed by atoms with Crippen molar-refractivity contribution < 1.29 is 9.59 Å². The molecular formula is C17H16N4O2. The first-order valence-electron chi connectivity index (χ1n) is 7.16. The lowest BCUT2D eigenvalue weighted by atomic mass is 10.1. The molecule has 0 spiro atoms. The number of H-pyrrole nitrogens is 1. The van der Waals surface area contributed by atoms with Gasteiger partial charge < -0.3 is 16.0 Å². The van der Waals surface area contributed by atoms with Crippen molar-refractivity contribution in [3.05, 3.63) is 59.4 Å². The molecular weight excluding hydrogens is 292 g/mol. The van der Waals surface area contributed by atoms with E-state index in [2.05, 4.69) is 15.3 Å². The number of rotatable bonds is 4. The van der Waals surface area contributed by atoms with E-state index in [1.54, 1.807) is 18.2 Å². The number of aromatic nitrogens is 2. The predicted molar refractivity (Wildman–Crippen MR) is 88.1 cm³/mol. The van der Waals surface area contributed by atoms with E-state index < -0.39 is 5.91 Å². The van der Waals surface area contributed by atoms with E-state index in [-0.39, 0.29) is 12.3 Å². The summed E-state index contributed by atoms with van der Waals surface area (Å²) in [7, 11) is 0. The van der Waals surface area contributed by atoms with Crippen LogP contribution in [-0.4, -0.2) is 21.8 Å². The summed E-state index contributed by atoms with van der Waals surface area (Å²) in [4.78, 5) is 30.5. The SMILES string of the molecule is Cc1cccc(NC(=O)c2ccc3nc(CC(N)=O)[nH]c3c2)c1. The van der Waals surface area contributed by atoms with Gasteiger partial charge in [-0.05, 0) is 42.8 Å². The number of aryl methyl sites for hydroxylation is 1. The molecule has 0 fully saturated rings. The molecule has 0 saturated carbocycles. The fraction of sp³-hybridized carbons (Fsp3) is 0.118. The number of primary amides is 1. The number of imidazole rings is 1. The Morgan fingerprint density at radius 2 is 2.04 bits per heavy atom. The van der Waals surface area contributed by atoms with Crippen LogP contribution < -0.4 is 11.1 Å². The summed E-state index contributed by atoms with van der Waals surface area (Å²) in [6.07, 6.45) is 0.0412. The highest BCUT2D eigenvalue weighted by Gasteiger charge is 2.10. The maximum Gasteiger partial charge on any atom is 0.255 e. The fourth-order valence-electron chi connectivity index (χ4n) is 2.38. The number of aromatic amines is 1. The Bertz CT molecular complexity index is 898. The van der Waals surface area contributed by atoms with Gasteiger partial charge in [0, 0.05) is 11.3 Å². The Morgan fingerprint density at radius 1 is 1.22 bits per heavy atom. The highest BCUT2D eigenvalue weighted by atomic mass is 16.2. The molecule has 6 heteroatoms. The number of anilines is 1. The first-order valence-corrected chi connectivity index (χ1v) is 7.16. The van der Waals surface area contributed by atoms with Crippen LogP contribution in [0.4, 0.5) is 5.69 Å². The zero-order chi connectivity index (χ0) is 16.4. The first-order chi connectivity index (χ1) is 11.0. The van der Waals surface area contributed by atoms with Gasteiger partial charge in [0.25, 0.3) is 5.91 Å². The molecule has 1 aromatic heterocycles. The molecule has 3 aromatic rings. The third-order valence-electron chi connectivity index (χ3n) is 3.41. The van der Waals surface area contributed by atoms with Gasteiger partial charge in [0.2, 0.25) is 5.91 Å². The summed E-state index contributed by atoms with van der Waals surface area (Å²) >= 11 is 0. The molecule has 0 aliphatic rings. The minimum absolute atomic E-state index is 0.0412. The smallest absolute Gasteiger partial charge is 0.255 e. The lowest BCUT2D eigenvalue weighted by Crippen LogP contribution is -2.14. The average molecular weight is 308 g/mol. The van der Waals surface area contributed by atoms with Gasteiger partial charge >= 0.3 is 0 Å². The standard InChI is InChI=1S/C17H16N4O2/c1-10-3-2-4-12(7-10)19-17(23)11-5-6-13-14(8-11)21-16(20-13)9-15(18)22/h2-8H,9H2,1H3,(H2,18,22)(H,19,23)(H,20,21). The van der Waals surface area contributed by atoms with Crippen LogP contribution in [0, 0.1) is 6.92 Å².